The van der Waals surface area contributed by atoms with Crippen molar-refractivity contribution in [2.45, 2.75) is 31.9 Å². The van der Waals surface area contributed by atoms with E-state index < -0.39 is 6.10 Å². The van der Waals surface area contributed by atoms with Crippen LogP contribution in [0.25, 0.3) is 0 Å². The van der Waals surface area contributed by atoms with Crippen LogP contribution >= 0.6 is 0 Å². The van der Waals surface area contributed by atoms with Crippen molar-refractivity contribution in [2.24, 2.45) is 0 Å². The van der Waals surface area contributed by atoms with Crippen molar-refractivity contribution in [2.75, 3.05) is 26.2 Å². The predicted molar refractivity (Wildman–Crippen MR) is 87.4 cm³/mol. The zero-order valence-electron chi connectivity index (χ0n) is 13.5. The van der Waals surface area contributed by atoms with E-state index in [1.807, 2.05) is 35.9 Å². The van der Waals surface area contributed by atoms with E-state index in [1.165, 1.54) is 0 Å². The third-order valence-electron chi connectivity index (χ3n) is 4.36. The number of rotatable bonds is 6. The van der Waals surface area contributed by atoms with Gasteiger partial charge in [-0.3, -0.25) is 0 Å². The minimum absolute atomic E-state index is 0.327. The molecule has 1 aliphatic heterocycles. The summed E-state index contributed by atoms with van der Waals surface area (Å²) in [6, 6.07) is 8.30. The summed E-state index contributed by atoms with van der Waals surface area (Å²) in [6.45, 7) is 4.92. The van der Waals surface area contributed by atoms with Crippen molar-refractivity contribution in [3.05, 3.63) is 42.5 Å². The molecule has 1 saturated heterocycles. The molecule has 1 N–H and O–H groups in total. The molecule has 1 aromatic carbocycles. The lowest BCUT2D eigenvalue weighted by atomic mass is 10.1. The van der Waals surface area contributed by atoms with Crippen molar-refractivity contribution in [1.82, 2.24) is 19.7 Å². The number of para-hydroxylation sites is 1. The number of hydrogen-bond donors (Lipinski definition) is 1. The second-order valence-corrected chi connectivity index (χ2v) is 6.14. The minimum Gasteiger partial charge on any atom is -0.491 e. The Labute approximate surface area is 136 Å². The maximum Gasteiger partial charge on any atom is 0.137 e. The Balaban J connectivity index is 1.41. The number of aryl methyl sites for hydroxylation is 1. The van der Waals surface area contributed by atoms with Gasteiger partial charge in [-0.15, -0.1) is 0 Å². The van der Waals surface area contributed by atoms with Gasteiger partial charge in [-0.1, -0.05) is 18.2 Å². The first kappa shape index (κ1) is 16.0. The Hall–Kier alpha value is -1.92. The Morgan fingerprint density at radius 2 is 2.09 bits per heavy atom. The molecule has 0 bridgehead atoms. The summed E-state index contributed by atoms with van der Waals surface area (Å²) in [6.07, 6.45) is 4.96. The molecule has 1 unspecified atom stereocenters. The van der Waals surface area contributed by atoms with E-state index in [-0.39, 0.29) is 0 Å². The van der Waals surface area contributed by atoms with Gasteiger partial charge >= 0.3 is 0 Å². The van der Waals surface area contributed by atoms with Gasteiger partial charge in [-0.05, 0) is 31.4 Å². The normalized spacial score (nSPS) is 18.0. The number of nitrogens with zero attached hydrogens (tertiary/aromatic N) is 4. The fraction of sp³-hybridized carbons (Fsp3) is 0.529. The van der Waals surface area contributed by atoms with E-state index in [1.54, 1.807) is 12.7 Å². The minimum atomic E-state index is -0.475. The van der Waals surface area contributed by atoms with Gasteiger partial charge in [-0.25, -0.2) is 9.67 Å². The fourth-order valence-corrected chi connectivity index (χ4v) is 3.03. The molecule has 6 heteroatoms. The number of aliphatic hydroxyl groups is 1. The van der Waals surface area contributed by atoms with Crippen molar-refractivity contribution >= 4 is 0 Å². The van der Waals surface area contributed by atoms with E-state index in [0.717, 1.165) is 37.2 Å². The molecule has 6 nitrogen and oxygen atoms in total. The van der Waals surface area contributed by atoms with Gasteiger partial charge in [0.1, 0.15) is 31.1 Å². The van der Waals surface area contributed by atoms with E-state index in [4.69, 9.17) is 4.74 Å². The topological polar surface area (TPSA) is 63.4 Å². The summed E-state index contributed by atoms with van der Waals surface area (Å²) in [7, 11) is 0. The van der Waals surface area contributed by atoms with Crippen LogP contribution in [0.3, 0.4) is 0 Å². The first-order chi connectivity index (χ1) is 11.2. The molecule has 1 aromatic heterocycles. The molecule has 1 atom stereocenters. The molecule has 124 valence electrons. The Kier molecular flexibility index (Phi) is 5.25. The summed E-state index contributed by atoms with van der Waals surface area (Å²) < 4.78 is 7.66. The Morgan fingerprint density at radius 1 is 1.30 bits per heavy atom. The van der Waals surface area contributed by atoms with Crippen LogP contribution in [0.5, 0.6) is 5.75 Å². The van der Waals surface area contributed by atoms with Gasteiger partial charge in [0, 0.05) is 19.6 Å². The molecule has 0 amide bonds. The molecule has 23 heavy (non-hydrogen) atoms. The second-order valence-electron chi connectivity index (χ2n) is 6.14. The zero-order chi connectivity index (χ0) is 16.1. The number of piperidine rings is 1. The predicted octanol–water partition coefficient (Wildman–Crippen LogP) is 1.66. The van der Waals surface area contributed by atoms with Gasteiger partial charge in [0.25, 0.3) is 0 Å². The number of likely N-dealkylation sites (tertiary alicyclic amines) is 1. The van der Waals surface area contributed by atoms with Crippen LogP contribution in [0.1, 0.15) is 24.4 Å². The third-order valence-corrected chi connectivity index (χ3v) is 4.36. The standard InChI is InChI=1S/C17H24N4O2/c1-14-4-2-3-5-17(14)23-11-16(22)10-20-8-6-15(7-9-20)21-13-18-12-19-21/h2-5,12-13,15-16,22H,6-11H2,1H3. The van der Waals surface area contributed by atoms with Crippen LogP contribution < -0.4 is 4.74 Å². The van der Waals surface area contributed by atoms with Crippen LogP contribution in [0.4, 0.5) is 0 Å². The Morgan fingerprint density at radius 3 is 2.78 bits per heavy atom. The second kappa shape index (κ2) is 7.57. The molecule has 0 saturated carbocycles. The lowest BCUT2D eigenvalue weighted by Crippen LogP contribution is -2.41. The number of aliphatic hydroxyl groups excluding tert-OH is 1. The average molecular weight is 316 g/mol. The molecule has 2 aromatic rings. The number of aromatic nitrogens is 3. The molecule has 3 rings (SSSR count). The monoisotopic (exact) mass is 316 g/mol. The summed E-state index contributed by atoms with van der Waals surface area (Å²) in [5.41, 5.74) is 1.09. The van der Waals surface area contributed by atoms with Crippen molar-refractivity contribution in [3.8, 4) is 5.75 Å². The molecular formula is C17H24N4O2. The Bertz CT molecular complexity index is 594. The molecule has 1 fully saturated rings. The summed E-state index contributed by atoms with van der Waals surface area (Å²) >= 11 is 0. The van der Waals surface area contributed by atoms with Crippen LogP contribution in [-0.2, 0) is 0 Å². The molecule has 0 radical (unpaired) electrons. The van der Waals surface area contributed by atoms with Crippen molar-refractivity contribution in [3.63, 3.8) is 0 Å². The lowest BCUT2D eigenvalue weighted by molar-refractivity contribution is 0.0548. The van der Waals surface area contributed by atoms with Gasteiger partial charge < -0.3 is 14.7 Å². The maximum absolute atomic E-state index is 10.2. The van der Waals surface area contributed by atoms with E-state index in [9.17, 15) is 5.11 Å². The summed E-state index contributed by atoms with van der Waals surface area (Å²) in [5.74, 6) is 0.844. The van der Waals surface area contributed by atoms with Crippen molar-refractivity contribution < 1.29 is 9.84 Å². The van der Waals surface area contributed by atoms with Gasteiger partial charge in [0.05, 0.1) is 6.04 Å². The SMILES string of the molecule is Cc1ccccc1OCC(O)CN1CCC(n2cncn2)CC1. The highest BCUT2D eigenvalue weighted by atomic mass is 16.5. The number of ether oxygens (including phenoxy) is 1. The maximum atomic E-state index is 10.2. The highest BCUT2D eigenvalue weighted by Crippen LogP contribution is 2.21. The van der Waals surface area contributed by atoms with E-state index in [2.05, 4.69) is 15.0 Å². The van der Waals surface area contributed by atoms with Crippen LogP contribution in [0.15, 0.2) is 36.9 Å². The highest BCUT2D eigenvalue weighted by molar-refractivity contribution is 5.31. The van der Waals surface area contributed by atoms with Crippen LogP contribution in [0, 0.1) is 6.92 Å². The largest absolute Gasteiger partial charge is 0.491 e. The van der Waals surface area contributed by atoms with Crippen LogP contribution in [-0.4, -0.2) is 57.1 Å². The molecule has 2 heterocycles. The smallest absolute Gasteiger partial charge is 0.137 e. The number of β-amino-alcohol motifs (C(OH)–C–C–N with tert-alkyl or cyclic N) is 1. The van der Waals surface area contributed by atoms with Crippen molar-refractivity contribution in [1.29, 1.82) is 0 Å². The van der Waals surface area contributed by atoms with Crippen LogP contribution in [0.2, 0.25) is 0 Å². The van der Waals surface area contributed by atoms with E-state index in [0.29, 0.717) is 19.2 Å². The first-order valence-corrected chi connectivity index (χ1v) is 8.15. The number of hydrogen-bond acceptors (Lipinski definition) is 5. The summed E-state index contributed by atoms with van der Waals surface area (Å²) in [4.78, 5) is 6.30. The first-order valence-electron chi connectivity index (χ1n) is 8.15. The van der Waals surface area contributed by atoms with Gasteiger partial charge in [0.15, 0.2) is 0 Å². The molecular weight excluding hydrogens is 292 g/mol. The fourth-order valence-electron chi connectivity index (χ4n) is 3.03. The molecule has 0 aliphatic carbocycles. The summed E-state index contributed by atoms with van der Waals surface area (Å²) in [5, 5.41) is 14.4. The van der Waals surface area contributed by atoms with Gasteiger partial charge in [-0.2, -0.15) is 5.10 Å². The third kappa shape index (κ3) is 4.30. The molecule has 1 aliphatic rings. The number of benzene rings is 1. The molecule has 0 spiro atoms. The quantitative estimate of drug-likeness (QED) is 0.878. The van der Waals surface area contributed by atoms with E-state index >= 15 is 0 Å². The van der Waals surface area contributed by atoms with Gasteiger partial charge in [0.2, 0.25) is 0 Å². The lowest BCUT2D eigenvalue weighted by Gasteiger charge is -2.32. The average Bonchev–Trinajstić information content (AvgIpc) is 3.09. The zero-order valence-corrected chi connectivity index (χ0v) is 13.5. The highest BCUT2D eigenvalue weighted by Gasteiger charge is 2.22.